The Morgan fingerprint density at radius 2 is 2.57 bits per heavy atom. The van der Waals surface area contributed by atoms with Crippen molar-refractivity contribution in [3.63, 3.8) is 0 Å². The van der Waals surface area contributed by atoms with Gasteiger partial charge in [-0.05, 0) is 24.6 Å². The molecule has 0 aromatic heterocycles. The van der Waals surface area contributed by atoms with Crippen LogP contribution in [0.15, 0.2) is 23.2 Å². The van der Waals surface area contributed by atoms with E-state index in [1.807, 2.05) is 6.08 Å². The number of nitrogens with two attached hydrogens (primary N) is 1. The molecule has 1 heteroatoms. The van der Waals surface area contributed by atoms with E-state index < -0.39 is 0 Å². The van der Waals surface area contributed by atoms with Gasteiger partial charge in [-0.15, -0.1) is 0 Å². The van der Waals surface area contributed by atoms with E-state index in [4.69, 9.17) is 5.73 Å². The standard InChI is InChI=1S/C6H7N/c7-6-4-2-1-3-5-6/h1H,2,4,7H2. The third kappa shape index (κ3) is 0.972. The van der Waals surface area contributed by atoms with E-state index in [2.05, 4.69) is 11.5 Å². The van der Waals surface area contributed by atoms with Crippen LogP contribution >= 0.6 is 0 Å². The Hall–Kier alpha value is -0.900. The van der Waals surface area contributed by atoms with Crippen LogP contribution in [-0.4, -0.2) is 0 Å². The fourth-order valence-corrected chi connectivity index (χ4v) is 0.506. The molecule has 0 bridgehead atoms. The summed E-state index contributed by atoms with van der Waals surface area (Å²) in [6.45, 7) is 0. The second kappa shape index (κ2) is 1.70. The Morgan fingerprint density at radius 1 is 1.71 bits per heavy atom. The summed E-state index contributed by atoms with van der Waals surface area (Å²) in [6.07, 6.45) is 3.92. The van der Waals surface area contributed by atoms with Crippen molar-refractivity contribution in [3.05, 3.63) is 23.2 Å². The van der Waals surface area contributed by atoms with Crippen molar-refractivity contribution in [2.24, 2.45) is 5.73 Å². The third-order valence-corrected chi connectivity index (χ3v) is 0.893. The number of allylic oxidation sites excluding steroid dienone is 2. The van der Waals surface area contributed by atoms with Crippen molar-refractivity contribution >= 4 is 0 Å². The van der Waals surface area contributed by atoms with Gasteiger partial charge in [0.1, 0.15) is 0 Å². The molecular weight excluding hydrogens is 86.1 g/mol. The monoisotopic (exact) mass is 93.1 g/mol. The van der Waals surface area contributed by atoms with Crippen LogP contribution in [0.4, 0.5) is 0 Å². The summed E-state index contributed by atoms with van der Waals surface area (Å²) < 4.78 is 0. The van der Waals surface area contributed by atoms with E-state index in [-0.39, 0.29) is 0 Å². The maximum absolute atomic E-state index is 5.36. The van der Waals surface area contributed by atoms with Gasteiger partial charge in [0.15, 0.2) is 0 Å². The highest BCUT2D eigenvalue weighted by molar-refractivity contribution is 5.02. The predicted molar refractivity (Wildman–Crippen MR) is 28.5 cm³/mol. The lowest BCUT2D eigenvalue weighted by Crippen LogP contribution is -1.94. The smallest absolute Gasteiger partial charge is 0.0599 e. The highest BCUT2D eigenvalue weighted by Crippen LogP contribution is 1.99. The lowest BCUT2D eigenvalue weighted by Gasteiger charge is -1.92. The van der Waals surface area contributed by atoms with Crippen molar-refractivity contribution < 1.29 is 0 Å². The Labute approximate surface area is 42.8 Å². The van der Waals surface area contributed by atoms with Crippen LogP contribution in [0.5, 0.6) is 0 Å². The molecule has 2 N–H and O–H groups in total. The van der Waals surface area contributed by atoms with Crippen LogP contribution in [0.2, 0.25) is 0 Å². The average molecular weight is 93.1 g/mol. The van der Waals surface area contributed by atoms with Gasteiger partial charge in [-0.25, -0.2) is 0 Å². The van der Waals surface area contributed by atoms with Crippen molar-refractivity contribution in [1.82, 2.24) is 0 Å². The Kier molecular flexibility index (Phi) is 1.04. The Balaban J connectivity index is 2.95. The molecule has 0 amide bonds. The topological polar surface area (TPSA) is 26.0 Å². The minimum Gasteiger partial charge on any atom is -0.395 e. The molecular formula is C6H7N. The van der Waals surface area contributed by atoms with Gasteiger partial charge in [-0.1, -0.05) is 5.73 Å². The predicted octanol–water partition coefficient (Wildman–Crippen LogP) is 0.933. The molecule has 0 fully saturated rings. The lowest BCUT2D eigenvalue weighted by molar-refractivity contribution is 0.954. The van der Waals surface area contributed by atoms with Crippen LogP contribution in [-0.2, 0) is 0 Å². The molecule has 1 aliphatic carbocycles. The van der Waals surface area contributed by atoms with Gasteiger partial charge in [0.05, 0.1) is 5.70 Å². The Bertz CT molecular complexity index is 155. The first kappa shape index (κ1) is 4.26. The summed E-state index contributed by atoms with van der Waals surface area (Å²) in [7, 11) is 0. The second-order valence-corrected chi connectivity index (χ2v) is 1.54. The zero-order valence-corrected chi connectivity index (χ0v) is 4.07. The van der Waals surface area contributed by atoms with Crippen molar-refractivity contribution in [2.75, 3.05) is 0 Å². The molecule has 0 radical (unpaired) electrons. The van der Waals surface area contributed by atoms with Crippen molar-refractivity contribution in [1.29, 1.82) is 0 Å². The number of hydrogen-bond acceptors (Lipinski definition) is 1. The fourth-order valence-electron chi connectivity index (χ4n) is 0.506. The number of rotatable bonds is 0. The fraction of sp³-hybridized carbons (Fsp3) is 0.333. The minimum absolute atomic E-state index is 0.822. The molecule has 0 aromatic rings. The van der Waals surface area contributed by atoms with Crippen molar-refractivity contribution in [3.8, 4) is 0 Å². The average Bonchev–Trinajstić information content (AvgIpc) is 1.69. The molecule has 1 nitrogen and oxygen atoms in total. The van der Waals surface area contributed by atoms with Crippen LogP contribution < -0.4 is 5.73 Å². The van der Waals surface area contributed by atoms with E-state index in [1.54, 1.807) is 0 Å². The van der Waals surface area contributed by atoms with Crippen LogP contribution in [0.1, 0.15) is 12.8 Å². The van der Waals surface area contributed by atoms with E-state index in [0.29, 0.717) is 0 Å². The summed E-state index contributed by atoms with van der Waals surface area (Å²) in [5.74, 6) is 0. The second-order valence-electron chi connectivity index (χ2n) is 1.54. The lowest BCUT2D eigenvalue weighted by atomic mass is 10.2. The zero-order chi connectivity index (χ0) is 5.11. The van der Waals surface area contributed by atoms with Gasteiger partial charge >= 0.3 is 0 Å². The molecule has 1 rings (SSSR count). The zero-order valence-electron chi connectivity index (χ0n) is 4.07. The van der Waals surface area contributed by atoms with Crippen LogP contribution in [0.25, 0.3) is 0 Å². The molecule has 1 aliphatic rings. The maximum Gasteiger partial charge on any atom is 0.0599 e. The quantitative estimate of drug-likeness (QED) is 0.443. The molecule has 0 aromatic carbocycles. The minimum atomic E-state index is 0.822. The van der Waals surface area contributed by atoms with Gasteiger partial charge in [-0.3, -0.25) is 0 Å². The van der Waals surface area contributed by atoms with Gasteiger partial charge in [0.2, 0.25) is 0 Å². The SMILES string of the molecule is NC1=C=C=CCC1. The summed E-state index contributed by atoms with van der Waals surface area (Å²) in [5, 5.41) is 0. The first-order valence-corrected chi connectivity index (χ1v) is 2.34. The summed E-state index contributed by atoms with van der Waals surface area (Å²) >= 11 is 0. The molecule has 0 aliphatic heterocycles. The van der Waals surface area contributed by atoms with E-state index >= 15 is 0 Å². The molecule has 7 heavy (non-hydrogen) atoms. The summed E-state index contributed by atoms with van der Waals surface area (Å²) in [5.41, 5.74) is 11.7. The van der Waals surface area contributed by atoms with E-state index in [0.717, 1.165) is 18.5 Å². The molecule has 36 valence electrons. The molecule has 0 atom stereocenters. The highest BCUT2D eigenvalue weighted by Gasteiger charge is 1.86. The van der Waals surface area contributed by atoms with Gasteiger partial charge < -0.3 is 5.73 Å². The first-order chi connectivity index (χ1) is 3.39. The molecule has 0 saturated heterocycles. The van der Waals surface area contributed by atoms with E-state index in [1.165, 1.54) is 0 Å². The summed E-state index contributed by atoms with van der Waals surface area (Å²) in [6, 6.07) is 0. The van der Waals surface area contributed by atoms with Gasteiger partial charge in [0.25, 0.3) is 0 Å². The normalized spacial score (nSPS) is 16.9. The largest absolute Gasteiger partial charge is 0.395 e. The molecule has 0 heterocycles. The Morgan fingerprint density at radius 3 is 2.86 bits per heavy atom. The first-order valence-electron chi connectivity index (χ1n) is 2.34. The molecule has 0 spiro atoms. The third-order valence-electron chi connectivity index (χ3n) is 0.893. The number of hydrogen-bond donors (Lipinski definition) is 1. The summed E-state index contributed by atoms with van der Waals surface area (Å²) in [4.78, 5) is 0. The van der Waals surface area contributed by atoms with Gasteiger partial charge in [0, 0.05) is 0 Å². The highest BCUT2D eigenvalue weighted by atomic mass is 14.6. The molecule has 0 unspecified atom stereocenters. The van der Waals surface area contributed by atoms with Crippen LogP contribution in [0.3, 0.4) is 0 Å². The van der Waals surface area contributed by atoms with Gasteiger partial charge in [-0.2, -0.15) is 0 Å². The van der Waals surface area contributed by atoms with E-state index in [9.17, 15) is 0 Å². The maximum atomic E-state index is 5.36. The van der Waals surface area contributed by atoms with Crippen molar-refractivity contribution in [2.45, 2.75) is 12.8 Å². The van der Waals surface area contributed by atoms with Crippen LogP contribution in [0, 0.1) is 0 Å². The molecule has 0 saturated carbocycles.